The van der Waals surface area contributed by atoms with Crippen LogP contribution < -0.4 is 56.1 Å². The third-order valence-corrected chi connectivity index (χ3v) is 8.46. The Kier molecular flexibility index (Phi) is 8.21. The van der Waals surface area contributed by atoms with E-state index in [1.165, 1.54) is 30.4 Å². The summed E-state index contributed by atoms with van der Waals surface area (Å²) in [4.78, 5) is 36.3. The first-order valence-corrected chi connectivity index (χ1v) is 13.0. The van der Waals surface area contributed by atoms with Crippen LogP contribution >= 0.6 is 23.3 Å². The Morgan fingerprint density at radius 3 is 2.97 bits per heavy atom. The molecule has 0 spiro atoms. The molecule has 3 aromatic heterocycles. The number of thiazole rings is 1. The molecule has 0 radical (unpaired) electrons. The molecular weight excluding hydrogens is 510 g/mol. The summed E-state index contributed by atoms with van der Waals surface area (Å²) in [5.74, 6) is -0.119. The third-order valence-electron chi connectivity index (χ3n) is 6.30. The summed E-state index contributed by atoms with van der Waals surface area (Å²) >= 11 is 3.08. The van der Waals surface area contributed by atoms with Crippen molar-refractivity contribution in [3.05, 3.63) is 53.8 Å². The van der Waals surface area contributed by atoms with Gasteiger partial charge in [0.2, 0.25) is 0 Å². The second kappa shape index (κ2) is 11.2. The molecule has 35 heavy (non-hydrogen) atoms. The summed E-state index contributed by atoms with van der Waals surface area (Å²) in [5, 5.41) is 1.11. The quantitative estimate of drug-likeness (QED) is 0.272. The van der Waals surface area contributed by atoms with Crippen LogP contribution in [0, 0.1) is 6.20 Å². The largest absolute Gasteiger partial charge is 1.00 e. The number of carbonyl (C=O) groups excluding carboxylic acids is 1. The smallest absolute Gasteiger partial charge is 0.448 e. The molecule has 3 unspecified atom stereocenters. The molecule has 1 N–H and O–H groups in total. The number of amides is 1. The average Bonchev–Trinajstić information content (AvgIpc) is 3.41. The van der Waals surface area contributed by atoms with Crippen molar-refractivity contribution < 1.29 is 60.9 Å². The van der Waals surface area contributed by atoms with E-state index in [2.05, 4.69) is 48.7 Å². The fourth-order valence-electron chi connectivity index (χ4n) is 4.40. The minimum atomic E-state index is -0.188. The Morgan fingerprint density at radius 2 is 2.17 bits per heavy atom. The fourth-order valence-corrected chi connectivity index (χ4v) is 6.02. The van der Waals surface area contributed by atoms with Gasteiger partial charge in [-0.1, -0.05) is 5.69 Å². The van der Waals surface area contributed by atoms with Crippen LogP contribution in [0.3, 0.4) is 0 Å². The van der Waals surface area contributed by atoms with Gasteiger partial charge in [-0.05, 0) is 61.1 Å². The third kappa shape index (κ3) is 5.50. The van der Waals surface area contributed by atoms with Gasteiger partial charge in [0.15, 0.2) is 5.01 Å². The molecular formula is C23H24KN7O2S2. The van der Waals surface area contributed by atoms with E-state index in [1.807, 2.05) is 17.2 Å². The summed E-state index contributed by atoms with van der Waals surface area (Å²) in [7, 11) is 0. The van der Waals surface area contributed by atoms with Crippen molar-refractivity contribution in [1.82, 2.24) is 29.7 Å². The molecule has 176 valence electrons. The van der Waals surface area contributed by atoms with Crippen LogP contribution in [-0.4, -0.2) is 72.9 Å². The molecule has 0 aromatic carbocycles. The number of hydrogen-bond donors (Lipinski definition) is 1. The van der Waals surface area contributed by atoms with Crippen molar-refractivity contribution in [2.24, 2.45) is 0 Å². The Bertz CT molecular complexity index is 1180. The molecule has 6 rings (SSSR count). The summed E-state index contributed by atoms with van der Waals surface area (Å²) < 4.78 is 9.30. The van der Waals surface area contributed by atoms with Gasteiger partial charge >= 0.3 is 51.4 Å². The monoisotopic (exact) mass is 533 g/mol. The predicted molar refractivity (Wildman–Crippen MR) is 130 cm³/mol. The summed E-state index contributed by atoms with van der Waals surface area (Å²) in [6.07, 6.45) is 11.7. The molecule has 1 amide bonds. The normalized spacial score (nSPS) is 24.0. The standard InChI is InChI=1S/C23H24N7O2S2.K/c1-14-12-32-13-21-29(14)11-19(17-8-15(4-5-25-17)28-34-16-2-3-16)30(21)23(31)22-27-10-20(33-22)18-9-24-6-7-26-18;/h4-6,8-10,14,16,19,21H,2-3,11-13H2,1H3,(H,25,28);/q-1;+1. The zero-order valence-electron chi connectivity index (χ0n) is 19.6. The number of nitrogens with zero attached hydrogens (tertiary/aromatic N) is 6. The number of morpholine rings is 1. The van der Waals surface area contributed by atoms with Gasteiger partial charge in [-0.15, -0.1) is 17.5 Å². The maximum atomic E-state index is 13.8. The van der Waals surface area contributed by atoms with Crippen LogP contribution in [0.25, 0.3) is 10.6 Å². The molecule has 0 bridgehead atoms. The Hall–Kier alpha value is -0.964. The first-order chi connectivity index (χ1) is 16.7. The van der Waals surface area contributed by atoms with Gasteiger partial charge in [-0.3, -0.25) is 14.7 Å². The van der Waals surface area contributed by atoms with Crippen LogP contribution in [0.15, 0.2) is 36.9 Å². The molecule has 1 saturated carbocycles. The zero-order chi connectivity index (χ0) is 23.1. The van der Waals surface area contributed by atoms with Crippen molar-refractivity contribution in [1.29, 1.82) is 0 Å². The van der Waals surface area contributed by atoms with E-state index < -0.39 is 0 Å². The first kappa shape index (κ1) is 25.7. The van der Waals surface area contributed by atoms with Gasteiger partial charge in [0.05, 0.1) is 24.9 Å². The molecule has 12 heteroatoms. The van der Waals surface area contributed by atoms with E-state index in [-0.39, 0.29) is 75.5 Å². The fraction of sp³-hybridized carbons (Fsp3) is 0.435. The van der Waals surface area contributed by atoms with Gasteiger partial charge in [-0.25, -0.2) is 4.98 Å². The molecule has 9 nitrogen and oxygen atoms in total. The van der Waals surface area contributed by atoms with E-state index in [1.54, 1.807) is 24.3 Å². The number of anilines is 1. The molecule has 3 fully saturated rings. The van der Waals surface area contributed by atoms with Crippen LogP contribution in [0.2, 0.25) is 0 Å². The van der Waals surface area contributed by atoms with Crippen LogP contribution in [0.1, 0.15) is 41.3 Å². The van der Waals surface area contributed by atoms with Crippen LogP contribution in [0.5, 0.6) is 0 Å². The number of pyridine rings is 1. The number of aromatic nitrogens is 4. The molecule has 3 atom stereocenters. The summed E-state index contributed by atoms with van der Waals surface area (Å²) in [5.41, 5.74) is 2.54. The van der Waals surface area contributed by atoms with E-state index in [4.69, 9.17) is 4.74 Å². The van der Waals surface area contributed by atoms with Gasteiger partial charge in [0.25, 0.3) is 5.91 Å². The van der Waals surface area contributed by atoms with E-state index in [9.17, 15) is 4.79 Å². The molecule has 2 saturated heterocycles. The number of hydrogen-bond acceptors (Lipinski definition) is 10. The van der Waals surface area contributed by atoms with Crippen molar-refractivity contribution in [3.63, 3.8) is 0 Å². The topological polar surface area (TPSA) is 96.4 Å². The SMILES string of the molecule is CC1COCC2N1CC(c1cc(NSC3CC3)ccn1)N2C(=O)c1ncc(-c2cnc[c-]n2)s1.[K+]. The predicted octanol–water partition coefficient (Wildman–Crippen LogP) is 0.266. The van der Waals surface area contributed by atoms with Crippen molar-refractivity contribution in [3.8, 4) is 10.6 Å². The van der Waals surface area contributed by atoms with Crippen LogP contribution in [0.4, 0.5) is 5.69 Å². The van der Waals surface area contributed by atoms with Crippen LogP contribution in [-0.2, 0) is 4.74 Å². The molecule has 5 heterocycles. The number of fused-ring (bicyclic) bond motifs is 1. The van der Waals surface area contributed by atoms with E-state index >= 15 is 0 Å². The Morgan fingerprint density at radius 1 is 1.29 bits per heavy atom. The van der Waals surface area contributed by atoms with E-state index in [0.29, 0.717) is 35.7 Å². The Balaban J connectivity index is 0.00000253. The summed E-state index contributed by atoms with van der Waals surface area (Å²) in [6.45, 7) is 3.98. The second-order valence-corrected chi connectivity index (χ2v) is 10.9. The zero-order valence-corrected chi connectivity index (χ0v) is 24.4. The maximum Gasteiger partial charge on any atom is 1.00 e. The minimum absolute atomic E-state index is 0. The molecule has 3 aliphatic rings. The van der Waals surface area contributed by atoms with Gasteiger partial charge in [0.1, 0.15) is 6.17 Å². The maximum absolute atomic E-state index is 13.8. The number of rotatable bonds is 6. The molecule has 2 aliphatic heterocycles. The first-order valence-electron chi connectivity index (χ1n) is 11.4. The van der Waals surface area contributed by atoms with Crippen molar-refractivity contribution in [2.45, 2.75) is 43.3 Å². The van der Waals surface area contributed by atoms with Gasteiger partial charge in [-0.2, -0.15) is 0 Å². The van der Waals surface area contributed by atoms with Crippen molar-refractivity contribution in [2.75, 3.05) is 24.5 Å². The number of carbonyl (C=O) groups is 1. The summed E-state index contributed by atoms with van der Waals surface area (Å²) in [6, 6.07) is 4.07. The van der Waals surface area contributed by atoms with E-state index in [0.717, 1.165) is 16.3 Å². The Labute approximate surface area is 255 Å². The second-order valence-electron chi connectivity index (χ2n) is 8.74. The minimum Gasteiger partial charge on any atom is -0.448 e. The number of nitrogens with one attached hydrogen (secondary N) is 1. The van der Waals surface area contributed by atoms with Gasteiger partial charge < -0.3 is 24.3 Å². The van der Waals surface area contributed by atoms with Crippen molar-refractivity contribution >= 4 is 34.9 Å². The molecule has 1 aliphatic carbocycles. The molecule has 3 aromatic rings. The van der Waals surface area contributed by atoms with Gasteiger partial charge in [0, 0.05) is 35.9 Å². The number of ether oxygens (including phenoxy) is 1. The average molecular weight is 534 g/mol.